The van der Waals surface area contributed by atoms with Crippen LogP contribution < -0.4 is 5.48 Å². The van der Waals surface area contributed by atoms with Crippen molar-refractivity contribution in [3.05, 3.63) is 29.8 Å². The minimum Gasteiger partial charge on any atom is -0.507 e. The van der Waals surface area contributed by atoms with E-state index in [1.165, 1.54) is 19.1 Å². The molecular formula is C9H9NO4. The Balaban J connectivity index is 2.70. The highest BCUT2D eigenvalue weighted by molar-refractivity contribution is 5.92. The van der Waals surface area contributed by atoms with Crippen LogP contribution in [0.3, 0.4) is 0 Å². The van der Waals surface area contributed by atoms with Gasteiger partial charge in [-0.05, 0) is 12.1 Å². The Hall–Kier alpha value is -2.04. The van der Waals surface area contributed by atoms with Crippen molar-refractivity contribution >= 4 is 11.9 Å². The molecule has 0 saturated heterocycles. The zero-order valence-electron chi connectivity index (χ0n) is 7.48. The number of hydrogen-bond acceptors (Lipinski definition) is 4. The molecule has 0 bridgehead atoms. The molecule has 1 amide bonds. The molecule has 1 rings (SSSR count). The van der Waals surface area contributed by atoms with Crippen LogP contribution in [-0.2, 0) is 9.63 Å². The van der Waals surface area contributed by atoms with E-state index in [1.807, 2.05) is 5.48 Å². The summed E-state index contributed by atoms with van der Waals surface area (Å²) >= 11 is 0. The summed E-state index contributed by atoms with van der Waals surface area (Å²) in [6, 6.07) is 5.89. The van der Waals surface area contributed by atoms with Gasteiger partial charge in [0.25, 0.3) is 0 Å². The SMILES string of the molecule is CC(=O)NOC(=O)c1ccccc1O. The van der Waals surface area contributed by atoms with Gasteiger partial charge in [-0.15, -0.1) is 0 Å². The van der Waals surface area contributed by atoms with Gasteiger partial charge >= 0.3 is 5.97 Å². The molecule has 0 heterocycles. The molecule has 0 unspecified atom stereocenters. The molecule has 5 heteroatoms. The van der Waals surface area contributed by atoms with Crippen LogP contribution in [0, 0.1) is 0 Å². The highest BCUT2D eigenvalue weighted by Gasteiger charge is 2.12. The smallest absolute Gasteiger partial charge is 0.366 e. The van der Waals surface area contributed by atoms with E-state index in [4.69, 9.17) is 0 Å². The summed E-state index contributed by atoms with van der Waals surface area (Å²) in [6.07, 6.45) is 0. The van der Waals surface area contributed by atoms with Crippen molar-refractivity contribution in [3.8, 4) is 5.75 Å². The Bertz CT molecular complexity index is 362. The molecule has 14 heavy (non-hydrogen) atoms. The standard InChI is InChI=1S/C9H9NO4/c1-6(11)10-14-9(13)7-4-2-3-5-8(7)12/h2-5,12H,1H3,(H,10,11). The number of para-hydroxylation sites is 1. The maximum absolute atomic E-state index is 11.2. The van der Waals surface area contributed by atoms with Gasteiger partial charge in [-0.25, -0.2) is 4.79 Å². The van der Waals surface area contributed by atoms with E-state index in [-0.39, 0.29) is 11.3 Å². The summed E-state index contributed by atoms with van der Waals surface area (Å²) < 4.78 is 0. The highest BCUT2D eigenvalue weighted by Crippen LogP contribution is 2.15. The topological polar surface area (TPSA) is 75.6 Å². The largest absolute Gasteiger partial charge is 0.507 e. The lowest BCUT2D eigenvalue weighted by atomic mass is 10.2. The summed E-state index contributed by atoms with van der Waals surface area (Å²) in [4.78, 5) is 26.0. The van der Waals surface area contributed by atoms with Crippen LogP contribution in [0.15, 0.2) is 24.3 Å². The van der Waals surface area contributed by atoms with Crippen molar-refractivity contribution in [3.63, 3.8) is 0 Å². The lowest BCUT2D eigenvalue weighted by molar-refractivity contribution is -0.127. The average Bonchev–Trinajstić information content (AvgIpc) is 2.15. The summed E-state index contributed by atoms with van der Waals surface area (Å²) in [5.74, 6) is -1.49. The van der Waals surface area contributed by atoms with Gasteiger partial charge in [0.1, 0.15) is 11.3 Å². The first-order valence-corrected chi connectivity index (χ1v) is 3.87. The molecule has 0 aliphatic rings. The number of rotatable bonds is 1. The van der Waals surface area contributed by atoms with E-state index >= 15 is 0 Å². The summed E-state index contributed by atoms with van der Waals surface area (Å²) in [5.41, 5.74) is 1.87. The molecule has 5 nitrogen and oxygen atoms in total. The molecule has 0 fully saturated rings. The Morgan fingerprint density at radius 2 is 2.00 bits per heavy atom. The van der Waals surface area contributed by atoms with E-state index in [9.17, 15) is 14.7 Å². The van der Waals surface area contributed by atoms with Gasteiger partial charge in [-0.1, -0.05) is 12.1 Å². The number of aromatic hydroxyl groups is 1. The van der Waals surface area contributed by atoms with Crippen LogP contribution in [0.4, 0.5) is 0 Å². The van der Waals surface area contributed by atoms with Crippen LogP contribution in [-0.4, -0.2) is 17.0 Å². The number of carbonyl (C=O) groups excluding carboxylic acids is 2. The van der Waals surface area contributed by atoms with Crippen LogP contribution in [0.1, 0.15) is 17.3 Å². The van der Waals surface area contributed by atoms with Crippen molar-refractivity contribution in [1.29, 1.82) is 0 Å². The fourth-order valence-electron chi connectivity index (χ4n) is 0.819. The van der Waals surface area contributed by atoms with Crippen molar-refractivity contribution < 1.29 is 19.5 Å². The average molecular weight is 195 g/mol. The predicted molar refractivity (Wildman–Crippen MR) is 47.3 cm³/mol. The first-order chi connectivity index (χ1) is 6.61. The van der Waals surface area contributed by atoms with Crippen molar-refractivity contribution in [1.82, 2.24) is 5.48 Å². The summed E-state index contributed by atoms with van der Waals surface area (Å²) in [6.45, 7) is 1.21. The molecule has 0 atom stereocenters. The van der Waals surface area contributed by atoms with Gasteiger partial charge in [-0.2, -0.15) is 5.48 Å². The normalized spacial score (nSPS) is 9.21. The summed E-state index contributed by atoms with van der Waals surface area (Å²) in [7, 11) is 0. The second-order valence-corrected chi connectivity index (χ2v) is 2.56. The van der Waals surface area contributed by atoms with Crippen molar-refractivity contribution in [2.75, 3.05) is 0 Å². The quantitative estimate of drug-likeness (QED) is 0.643. The van der Waals surface area contributed by atoms with Crippen LogP contribution >= 0.6 is 0 Å². The number of phenolic OH excluding ortho intramolecular Hbond substituents is 1. The number of nitrogens with one attached hydrogen (secondary N) is 1. The van der Waals surface area contributed by atoms with Crippen LogP contribution in [0.2, 0.25) is 0 Å². The zero-order chi connectivity index (χ0) is 10.6. The Morgan fingerprint density at radius 3 is 2.57 bits per heavy atom. The molecular weight excluding hydrogens is 186 g/mol. The Morgan fingerprint density at radius 1 is 1.36 bits per heavy atom. The fourth-order valence-corrected chi connectivity index (χ4v) is 0.819. The van der Waals surface area contributed by atoms with E-state index < -0.39 is 11.9 Å². The molecule has 2 N–H and O–H groups in total. The minimum absolute atomic E-state index is 0.00116. The van der Waals surface area contributed by atoms with Gasteiger partial charge in [0.05, 0.1) is 0 Å². The Labute approximate surface area is 80.3 Å². The second-order valence-electron chi connectivity index (χ2n) is 2.56. The lowest BCUT2D eigenvalue weighted by Gasteiger charge is -2.04. The first-order valence-electron chi connectivity index (χ1n) is 3.87. The number of amides is 1. The molecule has 0 saturated carbocycles. The predicted octanol–water partition coefficient (Wildman–Crippen LogP) is 0.600. The molecule has 0 aliphatic heterocycles. The maximum Gasteiger partial charge on any atom is 0.366 e. The second kappa shape index (κ2) is 4.27. The third-order valence-electron chi connectivity index (χ3n) is 1.41. The fraction of sp³-hybridized carbons (Fsp3) is 0.111. The van der Waals surface area contributed by atoms with E-state index in [0.29, 0.717) is 0 Å². The number of benzene rings is 1. The van der Waals surface area contributed by atoms with Gasteiger partial charge < -0.3 is 9.94 Å². The Kier molecular flexibility index (Phi) is 3.06. The van der Waals surface area contributed by atoms with Crippen molar-refractivity contribution in [2.45, 2.75) is 6.92 Å². The maximum atomic E-state index is 11.2. The molecule has 0 radical (unpaired) electrons. The van der Waals surface area contributed by atoms with Crippen molar-refractivity contribution in [2.24, 2.45) is 0 Å². The lowest BCUT2D eigenvalue weighted by Crippen LogP contribution is -2.24. The minimum atomic E-state index is -0.807. The van der Waals surface area contributed by atoms with Gasteiger partial charge in [-0.3, -0.25) is 4.79 Å². The number of carbonyl (C=O) groups is 2. The van der Waals surface area contributed by atoms with Crippen LogP contribution in [0.5, 0.6) is 5.75 Å². The van der Waals surface area contributed by atoms with E-state index in [1.54, 1.807) is 12.1 Å². The van der Waals surface area contributed by atoms with Gasteiger partial charge in [0.2, 0.25) is 5.91 Å². The molecule has 0 aromatic heterocycles. The number of hydroxylamine groups is 1. The highest BCUT2D eigenvalue weighted by atomic mass is 16.7. The monoisotopic (exact) mass is 195 g/mol. The summed E-state index contributed by atoms with van der Waals surface area (Å²) in [5, 5.41) is 9.23. The first kappa shape index (κ1) is 10.0. The number of phenols is 1. The van der Waals surface area contributed by atoms with Gasteiger partial charge in [0, 0.05) is 6.92 Å². The molecule has 0 aliphatic carbocycles. The molecule has 1 aromatic carbocycles. The molecule has 74 valence electrons. The zero-order valence-corrected chi connectivity index (χ0v) is 7.48. The third kappa shape index (κ3) is 2.48. The van der Waals surface area contributed by atoms with E-state index in [0.717, 1.165) is 0 Å². The van der Waals surface area contributed by atoms with E-state index in [2.05, 4.69) is 4.84 Å². The van der Waals surface area contributed by atoms with Crippen LogP contribution in [0.25, 0.3) is 0 Å². The molecule has 1 aromatic rings. The molecule has 0 spiro atoms. The number of hydrogen-bond donors (Lipinski definition) is 2. The third-order valence-corrected chi connectivity index (χ3v) is 1.41. The van der Waals surface area contributed by atoms with Gasteiger partial charge in [0.15, 0.2) is 0 Å².